The van der Waals surface area contributed by atoms with Crippen LogP contribution in [0.2, 0.25) is 0 Å². The Bertz CT molecular complexity index is 699. The third kappa shape index (κ3) is 19.8. The topological polar surface area (TPSA) is 88.1 Å². The van der Waals surface area contributed by atoms with Crippen molar-refractivity contribution >= 4 is 17.9 Å². The van der Waals surface area contributed by atoms with Gasteiger partial charge in [-0.3, -0.25) is 14.4 Å². The molecule has 2 unspecified atom stereocenters. The van der Waals surface area contributed by atoms with Crippen LogP contribution in [0.15, 0.2) is 12.2 Å². The monoisotopic (exact) mass is 554 g/mol. The second-order valence-electron chi connectivity index (χ2n) is 11.9. The summed E-state index contributed by atoms with van der Waals surface area (Å²) in [6.45, 7) is 15.7. The van der Waals surface area contributed by atoms with Gasteiger partial charge in [-0.05, 0) is 84.5 Å². The fourth-order valence-electron chi connectivity index (χ4n) is 3.89. The van der Waals surface area contributed by atoms with E-state index in [-0.39, 0.29) is 49.9 Å². The van der Waals surface area contributed by atoms with Gasteiger partial charge in [0.15, 0.2) is 0 Å². The van der Waals surface area contributed by atoms with E-state index in [1.54, 1.807) is 20.8 Å². The Kier molecular flexibility index (Phi) is 20.8. The lowest BCUT2D eigenvalue weighted by atomic mass is 9.93. The van der Waals surface area contributed by atoms with Crippen molar-refractivity contribution in [3.8, 4) is 0 Å². The third-order valence-corrected chi connectivity index (χ3v) is 6.32. The minimum atomic E-state index is -1.07. The highest BCUT2D eigenvalue weighted by atomic mass is 16.6. The minimum absolute atomic E-state index is 0.0137. The molecule has 0 aliphatic heterocycles. The van der Waals surface area contributed by atoms with Crippen LogP contribution in [0.1, 0.15) is 126 Å². The van der Waals surface area contributed by atoms with E-state index >= 15 is 0 Å². The van der Waals surface area contributed by atoms with Crippen LogP contribution in [0, 0.1) is 17.3 Å². The zero-order valence-electron chi connectivity index (χ0n) is 26.2. The summed E-state index contributed by atoms with van der Waals surface area (Å²) in [6, 6.07) is 0. The van der Waals surface area contributed by atoms with Gasteiger partial charge in [-0.2, -0.15) is 0 Å². The van der Waals surface area contributed by atoms with E-state index < -0.39 is 11.4 Å². The highest BCUT2D eigenvalue weighted by Crippen LogP contribution is 2.22. The van der Waals surface area contributed by atoms with Gasteiger partial charge in [0, 0.05) is 6.42 Å². The van der Waals surface area contributed by atoms with Gasteiger partial charge in [0.25, 0.3) is 0 Å². The Morgan fingerprint density at radius 3 is 2.13 bits per heavy atom. The summed E-state index contributed by atoms with van der Waals surface area (Å²) >= 11 is 0. The van der Waals surface area contributed by atoms with Crippen LogP contribution < -0.4 is 0 Å². The number of esters is 3. The Morgan fingerprint density at radius 2 is 1.51 bits per heavy atom. The summed E-state index contributed by atoms with van der Waals surface area (Å²) in [7, 11) is 0. The molecular formula is C32H58O7. The first kappa shape index (κ1) is 37.1. The fourth-order valence-corrected chi connectivity index (χ4v) is 3.89. The van der Waals surface area contributed by atoms with Crippen molar-refractivity contribution in [3.63, 3.8) is 0 Å². The molecule has 0 aliphatic carbocycles. The van der Waals surface area contributed by atoms with E-state index in [4.69, 9.17) is 18.9 Å². The Balaban J connectivity index is 4.41. The number of hydrogen-bond donors (Lipinski definition) is 0. The van der Waals surface area contributed by atoms with E-state index in [1.165, 1.54) is 6.42 Å². The van der Waals surface area contributed by atoms with Crippen LogP contribution in [-0.2, 0) is 33.3 Å². The summed E-state index contributed by atoms with van der Waals surface area (Å²) in [5.41, 5.74) is -1.07. The molecule has 0 saturated carbocycles. The van der Waals surface area contributed by atoms with Crippen molar-refractivity contribution in [1.29, 1.82) is 0 Å². The Hall–Kier alpha value is -1.89. The first-order chi connectivity index (χ1) is 18.4. The molecule has 0 aromatic heterocycles. The molecule has 0 bridgehead atoms. The summed E-state index contributed by atoms with van der Waals surface area (Å²) < 4.78 is 22.3. The van der Waals surface area contributed by atoms with Gasteiger partial charge in [0.05, 0.1) is 25.2 Å². The van der Waals surface area contributed by atoms with Crippen molar-refractivity contribution < 1.29 is 33.3 Å². The summed E-state index contributed by atoms with van der Waals surface area (Å²) in [5, 5.41) is 0. The van der Waals surface area contributed by atoms with Gasteiger partial charge >= 0.3 is 17.9 Å². The zero-order chi connectivity index (χ0) is 29.7. The first-order valence-corrected chi connectivity index (χ1v) is 15.2. The third-order valence-electron chi connectivity index (χ3n) is 6.32. The van der Waals surface area contributed by atoms with Crippen molar-refractivity contribution in [2.45, 2.75) is 138 Å². The smallest absolute Gasteiger partial charge is 0.317 e. The van der Waals surface area contributed by atoms with Crippen LogP contribution in [0.25, 0.3) is 0 Å². The molecule has 0 heterocycles. The number of rotatable bonds is 23. The van der Waals surface area contributed by atoms with E-state index in [0.29, 0.717) is 25.2 Å². The lowest BCUT2D eigenvalue weighted by molar-refractivity contribution is -0.169. The van der Waals surface area contributed by atoms with Crippen molar-refractivity contribution in [2.75, 3.05) is 19.8 Å². The highest BCUT2D eigenvalue weighted by Gasteiger charge is 2.37. The Labute approximate surface area is 238 Å². The predicted octanol–water partition coefficient (Wildman–Crippen LogP) is 7.60. The molecule has 0 radical (unpaired) electrons. The maximum Gasteiger partial charge on any atom is 0.317 e. The van der Waals surface area contributed by atoms with Crippen molar-refractivity contribution in [2.24, 2.45) is 17.3 Å². The molecule has 0 N–H and O–H groups in total. The average Bonchev–Trinajstić information content (AvgIpc) is 2.86. The molecule has 0 spiro atoms. The van der Waals surface area contributed by atoms with Crippen LogP contribution in [0.3, 0.4) is 0 Å². The summed E-state index contributed by atoms with van der Waals surface area (Å²) in [4.78, 5) is 37.2. The van der Waals surface area contributed by atoms with Crippen LogP contribution >= 0.6 is 0 Å². The number of hydrogen-bond acceptors (Lipinski definition) is 7. The maximum absolute atomic E-state index is 12.8. The van der Waals surface area contributed by atoms with E-state index in [0.717, 1.165) is 44.9 Å². The number of carbonyl (C=O) groups is 3. The van der Waals surface area contributed by atoms with Crippen molar-refractivity contribution in [1.82, 2.24) is 0 Å². The number of unbranched alkanes of at least 4 members (excludes halogenated alkanes) is 5. The minimum Gasteiger partial charge on any atom is -0.465 e. The normalized spacial score (nSPS) is 14.1. The van der Waals surface area contributed by atoms with Gasteiger partial charge in [-0.15, -0.1) is 0 Å². The quantitative estimate of drug-likeness (QED) is 0.0556. The predicted molar refractivity (Wildman–Crippen MR) is 156 cm³/mol. The number of ether oxygens (including phenoxy) is 4. The number of carbonyl (C=O) groups excluding carboxylic acids is 3. The lowest BCUT2D eigenvalue weighted by Crippen LogP contribution is -2.41. The molecule has 228 valence electrons. The second-order valence-corrected chi connectivity index (χ2v) is 11.9. The van der Waals surface area contributed by atoms with E-state index in [1.807, 2.05) is 13.8 Å². The van der Waals surface area contributed by atoms with Gasteiger partial charge in [0.1, 0.15) is 18.1 Å². The second kappa shape index (κ2) is 21.9. The lowest BCUT2D eigenvalue weighted by Gasteiger charge is -2.28. The van der Waals surface area contributed by atoms with Gasteiger partial charge in [-0.25, -0.2) is 0 Å². The molecule has 0 aromatic carbocycles. The molecule has 0 fully saturated rings. The van der Waals surface area contributed by atoms with Crippen LogP contribution in [-0.4, -0.2) is 49.9 Å². The SMILES string of the molecule is CC/C=C\CCCCCC(CC(C)C)OC(=O)CCCCCOC(=O)C(C)(COC(=O)C(C)C)COC(C)C. The average molecular weight is 555 g/mol. The molecule has 7 nitrogen and oxygen atoms in total. The number of allylic oxidation sites excluding steroid dienone is 2. The summed E-state index contributed by atoms with van der Waals surface area (Å²) in [5.74, 6) is -0.746. The largest absolute Gasteiger partial charge is 0.465 e. The van der Waals surface area contributed by atoms with Crippen LogP contribution in [0.5, 0.6) is 0 Å². The fraction of sp³-hybridized carbons (Fsp3) is 0.844. The molecule has 7 heteroatoms. The van der Waals surface area contributed by atoms with Crippen molar-refractivity contribution in [3.05, 3.63) is 12.2 Å². The molecule has 39 heavy (non-hydrogen) atoms. The van der Waals surface area contributed by atoms with Gasteiger partial charge in [-0.1, -0.05) is 53.2 Å². The summed E-state index contributed by atoms with van der Waals surface area (Å²) in [6.07, 6.45) is 14.3. The Morgan fingerprint density at radius 1 is 0.821 bits per heavy atom. The molecule has 0 saturated heterocycles. The molecule has 2 atom stereocenters. The highest BCUT2D eigenvalue weighted by molar-refractivity contribution is 5.78. The van der Waals surface area contributed by atoms with E-state index in [2.05, 4.69) is 32.9 Å². The van der Waals surface area contributed by atoms with Crippen LogP contribution in [0.4, 0.5) is 0 Å². The molecule has 0 rings (SSSR count). The van der Waals surface area contributed by atoms with Gasteiger partial charge in [0.2, 0.25) is 0 Å². The van der Waals surface area contributed by atoms with Gasteiger partial charge < -0.3 is 18.9 Å². The molecule has 0 aromatic rings. The molecular weight excluding hydrogens is 496 g/mol. The standard InChI is InChI=1S/C32H58O7/c1-9-10-11-12-13-14-16-19-28(22-25(2)3)39-29(33)20-17-15-18-21-36-31(35)32(8,23-37-27(6)7)24-38-30(34)26(4)5/h10-11,25-28H,9,12-24H2,1-8H3/b11-10-. The zero-order valence-corrected chi connectivity index (χ0v) is 26.2. The molecule has 0 amide bonds. The maximum atomic E-state index is 12.8. The first-order valence-electron chi connectivity index (χ1n) is 15.2. The molecule has 0 aliphatic rings. The van der Waals surface area contributed by atoms with E-state index in [9.17, 15) is 14.4 Å².